The van der Waals surface area contributed by atoms with Crippen LogP contribution in [0.25, 0.3) is 16.7 Å². The molecule has 3 rings (SSSR count). The van der Waals surface area contributed by atoms with Gasteiger partial charge in [0.2, 0.25) is 0 Å². The lowest BCUT2D eigenvalue weighted by Gasteiger charge is -2.02. The second-order valence-electron chi connectivity index (χ2n) is 3.37. The number of halogens is 1. The molecule has 0 aliphatic heterocycles. The number of hydrogen-bond donors (Lipinski definition) is 1. The standard InChI is InChI=1S/C10H6BrN5O/c11-6-3-15-16(4-6)9-8-7(1-2-12-9)10(17)14-5-13-8/h1-5H,(H,13,14,17). The summed E-state index contributed by atoms with van der Waals surface area (Å²) in [6.07, 6.45) is 6.32. The van der Waals surface area contributed by atoms with Crippen molar-refractivity contribution in [2.75, 3.05) is 0 Å². The molecule has 3 aromatic rings. The molecule has 0 bridgehead atoms. The minimum atomic E-state index is -0.190. The highest BCUT2D eigenvalue weighted by Crippen LogP contribution is 2.16. The first kappa shape index (κ1) is 10.2. The minimum absolute atomic E-state index is 0.190. The lowest BCUT2D eigenvalue weighted by molar-refractivity contribution is 0.851. The lowest BCUT2D eigenvalue weighted by atomic mass is 10.3. The molecule has 0 atom stereocenters. The molecule has 7 heteroatoms. The Kier molecular flexibility index (Phi) is 2.25. The Balaban J connectivity index is 2.38. The molecule has 0 saturated heterocycles. The van der Waals surface area contributed by atoms with Crippen LogP contribution in [0.2, 0.25) is 0 Å². The Morgan fingerprint density at radius 3 is 3.00 bits per heavy atom. The van der Waals surface area contributed by atoms with Gasteiger partial charge in [0.15, 0.2) is 5.82 Å². The van der Waals surface area contributed by atoms with E-state index < -0.39 is 0 Å². The van der Waals surface area contributed by atoms with Gasteiger partial charge in [-0.2, -0.15) is 5.10 Å². The molecule has 0 aliphatic carbocycles. The van der Waals surface area contributed by atoms with E-state index in [1.54, 1.807) is 29.3 Å². The fourth-order valence-electron chi connectivity index (χ4n) is 1.57. The molecule has 0 saturated carbocycles. The number of hydrogen-bond acceptors (Lipinski definition) is 4. The predicted octanol–water partition coefficient (Wildman–Crippen LogP) is 1.27. The first-order chi connectivity index (χ1) is 8.25. The van der Waals surface area contributed by atoms with Crippen LogP contribution in [0.3, 0.4) is 0 Å². The van der Waals surface area contributed by atoms with E-state index in [0.29, 0.717) is 16.7 Å². The molecular formula is C10H6BrN5O. The molecule has 0 aliphatic rings. The van der Waals surface area contributed by atoms with Crippen molar-refractivity contribution >= 4 is 26.8 Å². The zero-order valence-electron chi connectivity index (χ0n) is 8.46. The van der Waals surface area contributed by atoms with E-state index in [2.05, 4.69) is 36.0 Å². The summed E-state index contributed by atoms with van der Waals surface area (Å²) in [6.45, 7) is 0. The van der Waals surface area contributed by atoms with Crippen LogP contribution in [0.1, 0.15) is 0 Å². The topological polar surface area (TPSA) is 76.5 Å². The summed E-state index contributed by atoms with van der Waals surface area (Å²) in [4.78, 5) is 22.5. The number of fused-ring (bicyclic) bond motifs is 1. The average Bonchev–Trinajstić information content (AvgIpc) is 2.76. The molecule has 0 aromatic carbocycles. The summed E-state index contributed by atoms with van der Waals surface area (Å²) in [7, 11) is 0. The van der Waals surface area contributed by atoms with E-state index in [0.717, 1.165) is 4.47 Å². The Morgan fingerprint density at radius 2 is 2.24 bits per heavy atom. The Labute approximate surface area is 103 Å². The third-order valence-electron chi connectivity index (χ3n) is 2.31. The van der Waals surface area contributed by atoms with Crippen LogP contribution in [-0.4, -0.2) is 24.7 Å². The maximum absolute atomic E-state index is 11.6. The van der Waals surface area contributed by atoms with Crippen LogP contribution in [-0.2, 0) is 0 Å². The third-order valence-corrected chi connectivity index (χ3v) is 2.72. The van der Waals surface area contributed by atoms with E-state index in [9.17, 15) is 4.79 Å². The molecule has 3 heterocycles. The molecule has 1 N–H and O–H groups in total. The second-order valence-corrected chi connectivity index (χ2v) is 4.28. The number of nitrogens with one attached hydrogen (secondary N) is 1. The first-order valence-corrected chi connectivity index (χ1v) is 5.58. The zero-order valence-corrected chi connectivity index (χ0v) is 10.0. The van der Waals surface area contributed by atoms with Crippen molar-refractivity contribution in [3.63, 3.8) is 0 Å². The molecule has 3 aromatic heterocycles. The zero-order chi connectivity index (χ0) is 11.8. The Bertz CT molecular complexity index is 748. The number of rotatable bonds is 1. The van der Waals surface area contributed by atoms with Gasteiger partial charge < -0.3 is 4.98 Å². The van der Waals surface area contributed by atoms with Gasteiger partial charge in [-0.05, 0) is 22.0 Å². The number of nitrogens with zero attached hydrogens (tertiary/aromatic N) is 4. The minimum Gasteiger partial charge on any atom is -0.313 e. The van der Waals surface area contributed by atoms with Gasteiger partial charge in [-0.1, -0.05) is 0 Å². The van der Waals surface area contributed by atoms with Crippen LogP contribution < -0.4 is 5.56 Å². The van der Waals surface area contributed by atoms with Crippen LogP contribution in [0.4, 0.5) is 0 Å². The molecule has 0 unspecified atom stereocenters. The van der Waals surface area contributed by atoms with Crippen molar-refractivity contribution in [2.24, 2.45) is 0 Å². The monoisotopic (exact) mass is 291 g/mol. The highest BCUT2D eigenvalue weighted by atomic mass is 79.9. The lowest BCUT2D eigenvalue weighted by Crippen LogP contribution is -2.09. The largest absolute Gasteiger partial charge is 0.313 e. The van der Waals surface area contributed by atoms with Crippen LogP contribution in [0.5, 0.6) is 0 Å². The van der Waals surface area contributed by atoms with Crippen molar-refractivity contribution in [1.82, 2.24) is 24.7 Å². The summed E-state index contributed by atoms with van der Waals surface area (Å²) in [5.41, 5.74) is 0.330. The van der Waals surface area contributed by atoms with Gasteiger partial charge in [0, 0.05) is 12.4 Å². The van der Waals surface area contributed by atoms with Gasteiger partial charge in [-0.15, -0.1) is 0 Å². The molecule has 17 heavy (non-hydrogen) atoms. The van der Waals surface area contributed by atoms with Crippen LogP contribution >= 0.6 is 15.9 Å². The van der Waals surface area contributed by atoms with E-state index >= 15 is 0 Å². The van der Waals surface area contributed by atoms with Crippen LogP contribution in [0.15, 0.2) is 40.3 Å². The fraction of sp³-hybridized carbons (Fsp3) is 0. The van der Waals surface area contributed by atoms with Gasteiger partial charge in [0.1, 0.15) is 5.52 Å². The molecule has 84 valence electrons. The maximum atomic E-state index is 11.6. The molecule has 0 radical (unpaired) electrons. The first-order valence-electron chi connectivity index (χ1n) is 4.78. The number of pyridine rings is 1. The number of aromatic nitrogens is 5. The summed E-state index contributed by atoms with van der Waals surface area (Å²) in [5.74, 6) is 0.527. The SMILES string of the molecule is O=c1[nH]cnc2c(-n3cc(Br)cn3)nccc12. The number of H-pyrrole nitrogens is 1. The average molecular weight is 292 g/mol. The molecule has 0 amide bonds. The van der Waals surface area contributed by atoms with Gasteiger partial charge >= 0.3 is 0 Å². The van der Waals surface area contributed by atoms with Crippen molar-refractivity contribution in [1.29, 1.82) is 0 Å². The molecule has 6 nitrogen and oxygen atoms in total. The Hall–Kier alpha value is -2.02. The summed E-state index contributed by atoms with van der Waals surface area (Å²) < 4.78 is 2.40. The van der Waals surface area contributed by atoms with Crippen molar-refractivity contribution in [3.8, 4) is 5.82 Å². The normalized spacial score (nSPS) is 10.9. The Morgan fingerprint density at radius 1 is 1.35 bits per heavy atom. The fourth-order valence-corrected chi connectivity index (χ4v) is 1.86. The number of aromatic amines is 1. The second kappa shape index (κ2) is 3.77. The highest BCUT2D eigenvalue weighted by molar-refractivity contribution is 9.10. The van der Waals surface area contributed by atoms with Crippen molar-refractivity contribution in [3.05, 3.63) is 45.8 Å². The highest BCUT2D eigenvalue weighted by Gasteiger charge is 2.08. The predicted molar refractivity (Wildman–Crippen MR) is 65.0 cm³/mol. The van der Waals surface area contributed by atoms with Crippen molar-refractivity contribution in [2.45, 2.75) is 0 Å². The van der Waals surface area contributed by atoms with E-state index in [-0.39, 0.29) is 5.56 Å². The smallest absolute Gasteiger partial charge is 0.258 e. The van der Waals surface area contributed by atoms with Crippen LogP contribution in [0, 0.1) is 0 Å². The van der Waals surface area contributed by atoms with Gasteiger partial charge in [0.05, 0.1) is 22.4 Å². The quantitative estimate of drug-likeness (QED) is 0.732. The van der Waals surface area contributed by atoms with E-state index in [1.165, 1.54) is 6.33 Å². The van der Waals surface area contributed by atoms with Crippen molar-refractivity contribution < 1.29 is 0 Å². The maximum Gasteiger partial charge on any atom is 0.258 e. The molecular weight excluding hydrogens is 286 g/mol. The van der Waals surface area contributed by atoms with E-state index in [4.69, 9.17) is 0 Å². The summed E-state index contributed by atoms with van der Waals surface area (Å²) >= 11 is 3.31. The molecule has 0 fully saturated rings. The van der Waals surface area contributed by atoms with Gasteiger partial charge in [-0.3, -0.25) is 4.79 Å². The van der Waals surface area contributed by atoms with Gasteiger partial charge in [0.25, 0.3) is 5.56 Å². The van der Waals surface area contributed by atoms with E-state index in [1.807, 2.05) is 0 Å². The van der Waals surface area contributed by atoms with Gasteiger partial charge in [-0.25, -0.2) is 14.6 Å². The summed E-state index contributed by atoms with van der Waals surface area (Å²) in [6, 6.07) is 1.63. The molecule has 0 spiro atoms. The third kappa shape index (κ3) is 1.64. The summed E-state index contributed by atoms with van der Waals surface area (Å²) in [5, 5.41) is 4.61.